The molecule has 1 N–H and O–H groups in total. The monoisotopic (exact) mass is 200 g/mol. The van der Waals surface area contributed by atoms with E-state index in [1.54, 1.807) is 0 Å². The molecule has 2 heteroatoms. The minimum Gasteiger partial charge on any atom is -0.381 e. The van der Waals surface area contributed by atoms with Crippen LogP contribution in [-0.2, 0) is 0 Å². The Labute approximate surface area is 90.9 Å². The van der Waals surface area contributed by atoms with Crippen LogP contribution in [0.25, 0.3) is 0 Å². The van der Waals surface area contributed by atoms with Crippen LogP contribution in [0.1, 0.15) is 32.3 Å². The SMILES string of the molecule is CC(Nc1ccccc1C#N)C1(C)CC1. The number of hydrogen-bond acceptors (Lipinski definition) is 2. The van der Waals surface area contributed by atoms with Gasteiger partial charge in [0.05, 0.1) is 11.3 Å². The fourth-order valence-electron chi connectivity index (χ4n) is 1.74. The summed E-state index contributed by atoms with van der Waals surface area (Å²) < 4.78 is 0. The summed E-state index contributed by atoms with van der Waals surface area (Å²) in [7, 11) is 0. The van der Waals surface area contributed by atoms with Crippen molar-refractivity contribution >= 4 is 5.69 Å². The van der Waals surface area contributed by atoms with Gasteiger partial charge in [0.2, 0.25) is 0 Å². The Morgan fingerprint density at radius 2 is 2.07 bits per heavy atom. The molecule has 2 nitrogen and oxygen atoms in total. The fourth-order valence-corrected chi connectivity index (χ4v) is 1.74. The first kappa shape index (κ1) is 10.0. The van der Waals surface area contributed by atoms with Gasteiger partial charge in [-0.15, -0.1) is 0 Å². The van der Waals surface area contributed by atoms with Crippen LogP contribution in [0.5, 0.6) is 0 Å². The minimum atomic E-state index is 0.433. The van der Waals surface area contributed by atoms with Crippen molar-refractivity contribution in [1.29, 1.82) is 5.26 Å². The summed E-state index contributed by atoms with van der Waals surface area (Å²) in [4.78, 5) is 0. The van der Waals surface area contributed by atoms with Crippen LogP contribution in [0.15, 0.2) is 24.3 Å². The summed E-state index contributed by atoms with van der Waals surface area (Å²) in [6, 6.07) is 10.3. The molecule has 0 amide bonds. The normalized spacial score (nSPS) is 19.0. The number of nitriles is 1. The number of benzene rings is 1. The van der Waals surface area contributed by atoms with Gasteiger partial charge < -0.3 is 5.32 Å². The maximum atomic E-state index is 8.96. The molecule has 0 aliphatic heterocycles. The van der Waals surface area contributed by atoms with Crippen LogP contribution in [-0.4, -0.2) is 6.04 Å². The van der Waals surface area contributed by atoms with Crippen LogP contribution in [0.4, 0.5) is 5.69 Å². The van der Waals surface area contributed by atoms with Gasteiger partial charge in [-0.3, -0.25) is 0 Å². The van der Waals surface area contributed by atoms with Crippen LogP contribution < -0.4 is 5.32 Å². The fraction of sp³-hybridized carbons (Fsp3) is 0.462. The van der Waals surface area contributed by atoms with Crippen molar-refractivity contribution < 1.29 is 0 Å². The third-order valence-corrected chi connectivity index (χ3v) is 3.50. The van der Waals surface area contributed by atoms with E-state index >= 15 is 0 Å². The molecule has 0 bridgehead atoms. The highest BCUT2D eigenvalue weighted by Gasteiger charge is 2.42. The molecule has 1 saturated carbocycles. The summed E-state index contributed by atoms with van der Waals surface area (Å²) in [6.07, 6.45) is 2.58. The highest BCUT2D eigenvalue weighted by Crippen LogP contribution is 2.48. The first-order chi connectivity index (χ1) is 7.15. The van der Waals surface area contributed by atoms with E-state index in [1.165, 1.54) is 12.8 Å². The lowest BCUT2D eigenvalue weighted by molar-refractivity contribution is 0.493. The number of hydrogen-bond donors (Lipinski definition) is 1. The molecule has 1 aromatic rings. The smallest absolute Gasteiger partial charge is 0.101 e. The second kappa shape index (κ2) is 3.58. The summed E-state index contributed by atoms with van der Waals surface area (Å²) in [5, 5.41) is 12.4. The summed E-state index contributed by atoms with van der Waals surface area (Å²) in [5.41, 5.74) is 2.12. The van der Waals surface area contributed by atoms with Gasteiger partial charge in [0.25, 0.3) is 0 Å². The number of rotatable bonds is 3. The van der Waals surface area contributed by atoms with Crippen LogP contribution in [0.2, 0.25) is 0 Å². The minimum absolute atomic E-state index is 0.433. The number of nitrogens with one attached hydrogen (secondary N) is 1. The Morgan fingerprint density at radius 3 is 2.67 bits per heavy atom. The van der Waals surface area contributed by atoms with Crippen molar-refractivity contribution in [2.24, 2.45) is 5.41 Å². The highest BCUT2D eigenvalue weighted by atomic mass is 14.9. The molecular weight excluding hydrogens is 184 g/mol. The zero-order chi connectivity index (χ0) is 10.9. The topological polar surface area (TPSA) is 35.8 Å². The van der Waals surface area contributed by atoms with Crippen molar-refractivity contribution in [3.8, 4) is 6.07 Å². The molecule has 1 fully saturated rings. The molecule has 0 saturated heterocycles. The molecule has 1 atom stereocenters. The van der Waals surface area contributed by atoms with E-state index in [9.17, 15) is 0 Å². The van der Waals surface area contributed by atoms with Gasteiger partial charge in [-0.25, -0.2) is 0 Å². The zero-order valence-electron chi connectivity index (χ0n) is 9.25. The van der Waals surface area contributed by atoms with Crippen molar-refractivity contribution in [1.82, 2.24) is 0 Å². The van der Waals surface area contributed by atoms with Gasteiger partial charge in [0.15, 0.2) is 0 Å². The maximum absolute atomic E-state index is 8.96. The largest absolute Gasteiger partial charge is 0.381 e. The van der Waals surface area contributed by atoms with Crippen LogP contribution >= 0.6 is 0 Å². The molecule has 1 aliphatic carbocycles. The molecular formula is C13H16N2. The molecule has 0 spiro atoms. The number of anilines is 1. The maximum Gasteiger partial charge on any atom is 0.101 e. The Kier molecular flexibility index (Phi) is 2.40. The lowest BCUT2D eigenvalue weighted by Crippen LogP contribution is -2.25. The van der Waals surface area contributed by atoms with Crippen molar-refractivity contribution in [2.45, 2.75) is 32.7 Å². The van der Waals surface area contributed by atoms with E-state index in [4.69, 9.17) is 5.26 Å². The zero-order valence-corrected chi connectivity index (χ0v) is 9.25. The van der Waals surface area contributed by atoms with Gasteiger partial charge in [-0.2, -0.15) is 5.26 Å². The van der Waals surface area contributed by atoms with E-state index in [2.05, 4.69) is 25.2 Å². The molecule has 0 heterocycles. The van der Waals surface area contributed by atoms with E-state index in [1.807, 2.05) is 24.3 Å². The Balaban J connectivity index is 2.14. The lowest BCUT2D eigenvalue weighted by Gasteiger charge is -2.22. The van der Waals surface area contributed by atoms with E-state index in [-0.39, 0.29) is 0 Å². The third kappa shape index (κ3) is 1.97. The first-order valence-corrected chi connectivity index (χ1v) is 5.41. The lowest BCUT2D eigenvalue weighted by atomic mass is 10.00. The molecule has 2 rings (SSSR count). The number of para-hydroxylation sites is 1. The molecule has 1 aliphatic rings. The molecule has 0 aromatic heterocycles. The first-order valence-electron chi connectivity index (χ1n) is 5.41. The van der Waals surface area contributed by atoms with E-state index in [0.29, 0.717) is 11.5 Å². The average Bonchev–Trinajstić information content (AvgIpc) is 2.99. The van der Waals surface area contributed by atoms with Crippen LogP contribution in [0.3, 0.4) is 0 Å². The highest BCUT2D eigenvalue weighted by molar-refractivity contribution is 5.57. The van der Waals surface area contributed by atoms with Gasteiger partial charge >= 0.3 is 0 Å². The van der Waals surface area contributed by atoms with Crippen LogP contribution in [0, 0.1) is 16.7 Å². The standard InChI is InChI=1S/C13H16N2/c1-10(13(2)7-8-13)15-12-6-4-3-5-11(12)9-14/h3-6,10,15H,7-8H2,1-2H3. The predicted octanol–water partition coefficient (Wildman–Crippen LogP) is 3.16. The Bertz CT molecular complexity index is 399. The Morgan fingerprint density at radius 1 is 1.40 bits per heavy atom. The van der Waals surface area contributed by atoms with Crippen molar-refractivity contribution in [3.63, 3.8) is 0 Å². The second-order valence-corrected chi connectivity index (χ2v) is 4.68. The number of nitrogens with zero attached hydrogens (tertiary/aromatic N) is 1. The van der Waals surface area contributed by atoms with Crippen molar-refractivity contribution in [3.05, 3.63) is 29.8 Å². The molecule has 78 valence electrons. The molecule has 1 aromatic carbocycles. The van der Waals surface area contributed by atoms with Gasteiger partial charge in [-0.1, -0.05) is 19.1 Å². The molecule has 15 heavy (non-hydrogen) atoms. The summed E-state index contributed by atoms with van der Waals surface area (Å²) >= 11 is 0. The van der Waals surface area contributed by atoms with Gasteiger partial charge in [0.1, 0.15) is 6.07 Å². The predicted molar refractivity (Wildman–Crippen MR) is 61.6 cm³/mol. The van der Waals surface area contributed by atoms with Gasteiger partial charge in [-0.05, 0) is 37.3 Å². The third-order valence-electron chi connectivity index (χ3n) is 3.50. The van der Waals surface area contributed by atoms with E-state index in [0.717, 1.165) is 11.3 Å². The quantitative estimate of drug-likeness (QED) is 0.813. The average molecular weight is 200 g/mol. The molecule has 1 unspecified atom stereocenters. The second-order valence-electron chi connectivity index (χ2n) is 4.68. The Hall–Kier alpha value is -1.49. The summed E-state index contributed by atoms with van der Waals surface area (Å²) in [5.74, 6) is 0. The molecule has 0 radical (unpaired) electrons. The van der Waals surface area contributed by atoms with E-state index < -0.39 is 0 Å². The summed E-state index contributed by atoms with van der Waals surface area (Å²) in [6.45, 7) is 4.49. The van der Waals surface area contributed by atoms with Gasteiger partial charge in [0, 0.05) is 6.04 Å². The van der Waals surface area contributed by atoms with Crippen molar-refractivity contribution in [2.75, 3.05) is 5.32 Å².